The van der Waals surface area contributed by atoms with E-state index in [0.29, 0.717) is 5.56 Å². The molecule has 0 spiro atoms. The molecule has 4 nitrogen and oxygen atoms in total. The molecule has 0 saturated carbocycles. The summed E-state index contributed by atoms with van der Waals surface area (Å²) in [7, 11) is 0. The van der Waals surface area contributed by atoms with E-state index in [1.54, 1.807) is 36.4 Å². The van der Waals surface area contributed by atoms with Crippen LogP contribution in [0.5, 0.6) is 5.75 Å². The Morgan fingerprint density at radius 1 is 1.04 bits per heavy atom. The standard InChI is InChI=1S/C19H13NO3/c20-11-13-4-3-5-14(8-13)12-23-19(22)17-9-15-6-1-2-7-16(15)10-18(17)21/h1-10,21H,12H2. The minimum Gasteiger partial charge on any atom is -0.507 e. The first kappa shape index (κ1) is 14.6. The number of rotatable bonds is 3. The maximum Gasteiger partial charge on any atom is 0.342 e. The number of esters is 1. The topological polar surface area (TPSA) is 70.3 Å². The summed E-state index contributed by atoms with van der Waals surface area (Å²) in [6.45, 7) is 0.0423. The van der Waals surface area contributed by atoms with E-state index in [0.717, 1.165) is 16.3 Å². The van der Waals surface area contributed by atoms with Crippen LogP contribution in [-0.2, 0) is 11.3 Å². The number of nitriles is 1. The molecule has 23 heavy (non-hydrogen) atoms. The van der Waals surface area contributed by atoms with E-state index < -0.39 is 5.97 Å². The third-order valence-electron chi connectivity index (χ3n) is 3.51. The van der Waals surface area contributed by atoms with Crippen molar-refractivity contribution in [2.75, 3.05) is 0 Å². The van der Waals surface area contributed by atoms with Gasteiger partial charge in [-0.05, 0) is 40.6 Å². The van der Waals surface area contributed by atoms with E-state index in [-0.39, 0.29) is 17.9 Å². The third kappa shape index (κ3) is 3.14. The smallest absolute Gasteiger partial charge is 0.342 e. The molecular formula is C19H13NO3. The molecule has 0 radical (unpaired) electrons. The molecule has 0 saturated heterocycles. The normalized spacial score (nSPS) is 10.2. The van der Waals surface area contributed by atoms with Crippen LogP contribution in [0.3, 0.4) is 0 Å². The van der Waals surface area contributed by atoms with Crippen LogP contribution in [0.25, 0.3) is 10.8 Å². The lowest BCUT2D eigenvalue weighted by atomic mass is 10.1. The third-order valence-corrected chi connectivity index (χ3v) is 3.51. The monoisotopic (exact) mass is 303 g/mol. The van der Waals surface area contributed by atoms with Crippen molar-refractivity contribution in [3.63, 3.8) is 0 Å². The summed E-state index contributed by atoms with van der Waals surface area (Å²) in [4.78, 5) is 12.2. The van der Waals surface area contributed by atoms with Gasteiger partial charge in [0.2, 0.25) is 0 Å². The molecule has 3 rings (SSSR count). The van der Waals surface area contributed by atoms with E-state index in [1.165, 1.54) is 0 Å². The molecule has 0 atom stereocenters. The number of carbonyl (C=O) groups is 1. The van der Waals surface area contributed by atoms with Crippen molar-refractivity contribution in [3.8, 4) is 11.8 Å². The van der Waals surface area contributed by atoms with Crippen molar-refractivity contribution in [1.82, 2.24) is 0 Å². The molecule has 0 aliphatic heterocycles. The number of benzene rings is 3. The number of nitrogens with zero attached hydrogens (tertiary/aromatic N) is 1. The maximum absolute atomic E-state index is 12.2. The molecule has 1 N–H and O–H groups in total. The molecule has 112 valence electrons. The number of phenols is 1. The molecule has 0 aliphatic carbocycles. The predicted molar refractivity (Wildman–Crippen MR) is 85.9 cm³/mol. The highest BCUT2D eigenvalue weighted by Crippen LogP contribution is 2.25. The molecular weight excluding hydrogens is 290 g/mol. The van der Waals surface area contributed by atoms with Crippen LogP contribution in [0.2, 0.25) is 0 Å². The fourth-order valence-electron chi connectivity index (χ4n) is 2.35. The summed E-state index contributed by atoms with van der Waals surface area (Å²) in [5.74, 6) is -0.713. The first-order chi connectivity index (χ1) is 11.2. The second kappa shape index (κ2) is 6.20. The zero-order valence-electron chi connectivity index (χ0n) is 12.2. The zero-order valence-corrected chi connectivity index (χ0v) is 12.2. The van der Waals surface area contributed by atoms with Crippen LogP contribution in [0.1, 0.15) is 21.5 Å². The fraction of sp³-hybridized carbons (Fsp3) is 0.0526. The van der Waals surface area contributed by atoms with E-state index >= 15 is 0 Å². The Hall–Kier alpha value is -3.32. The Labute approximate surface area is 133 Å². The van der Waals surface area contributed by atoms with E-state index in [9.17, 15) is 9.90 Å². The van der Waals surface area contributed by atoms with Gasteiger partial charge in [0.1, 0.15) is 17.9 Å². The highest BCUT2D eigenvalue weighted by molar-refractivity contribution is 5.98. The number of fused-ring (bicyclic) bond motifs is 1. The number of carbonyl (C=O) groups excluding carboxylic acids is 1. The van der Waals surface area contributed by atoms with E-state index in [2.05, 4.69) is 0 Å². The first-order valence-electron chi connectivity index (χ1n) is 7.05. The van der Waals surface area contributed by atoms with E-state index in [4.69, 9.17) is 10.00 Å². The number of phenolic OH excluding ortho intramolecular Hbond substituents is 1. The first-order valence-corrected chi connectivity index (χ1v) is 7.05. The average Bonchev–Trinajstić information content (AvgIpc) is 2.59. The lowest BCUT2D eigenvalue weighted by Gasteiger charge is -2.08. The Morgan fingerprint density at radius 2 is 1.78 bits per heavy atom. The number of hydrogen-bond acceptors (Lipinski definition) is 4. The van der Waals surface area contributed by atoms with Gasteiger partial charge in [-0.2, -0.15) is 5.26 Å². The molecule has 0 amide bonds. The fourth-order valence-corrected chi connectivity index (χ4v) is 2.35. The van der Waals surface area contributed by atoms with Gasteiger partial charge in [0.15, 0.2) is 0 Å². The summed E-state index contributed by atoms with van der Waals surface area (Å²) in [6.07, 6.45) is 0. The Kier molecular flexibility index (Phi) is 3.94. The van der Waals surface area contributed by atoms with Gasteiger partial charge in [-0.3, -0.25) is 0 Å². The number of ether oxygens (including phenoxy) is 1. The minimum atomic E-state index is -0.601. The van der Waals surface area contributed by atoms with Gasteiger partial charge in [0.05, 0.1) is 11.6 Å². The van der Waals surface area contributed by atoms with Crippen molar-refractivity contribution in [1.29, 1.82) is 5.26 Å². The largest absolute Gasteiger partial charge is 0.507 e. The van der Waals surface area contributed by atoms with Gasteiger partial charge in [-0.1, -0.05) is 36.4 Å². The predicted octanol–water partition coefficient (Wildman–Crippen LogP) is 3.77. The zero-order chi connectivity index (χ0) is 16.2. The summed E-state index contributed by atoms with van der Waals surface area (Å²) in [6, 6.07) is 19.5. The van der Waals surface area contributed by atoms with Crippen LogP contribution in [0.15, 0.2) is 60.7 Å². The Balaban J connectivity index is 1.80. The highest BCUT2D eigenvalue weighted by atomic mass is 16.5. The highest BCUT2D eigenvalue weighted by Gasteiger charge is 2.14. The quantitative estimate of drug-likeness (QED) is 0.748. The lowest BCUT2D eigenvalue weighted by Crippen LogP contribution is -2.05. The van der Waals surface area contributed by atoms with Crippen LogP contribution in [0, 0.1) is 11.3 Å². The van der Waals surface area contributed by atoms with Crippen LogP contribution in [-0.4, -0.2) is 11.1 Å². The minimum absolute atomic E-state index is 0.0423. The van der Waals surface area contributed by atoms with Gasteiger partial charge in [0, 0.05) is 0 Å². The average molecular weight is 303 g/mol. The molecule has 0 unspecified atom stereocenters. The second-order valence-corrected chi connectivity index (χ2v) is 5.10. The van der Waals surface area contributed by atoms with Crippen molar-refractivity contribution in [2.24, 2.45) is 0 Å². The number of aromatic hydroxyl groups is 1. The summed E-state index contributed by atoms with van der Waals surface area (Å²) in [5.41, 5.74) is 1.35. The molecule has 3 aromatic carbocycles. The molecule has 0 fully saturated rings. The van der Waals surface area contributed by atoms with Gasteiger partial charge in [-0.25, -0.2) is 4.79 Å². The molecule has 0 aromatic heterocycles. The Morgan fingerprint density at radius 3 is 2.52 bits per heavy atom. The van der Waals surface area contributed by atoms with Gasteiger partial charge in [0.25, 0.3) is 0 Å². The second-order valence-electron chi connectivity index (χ2n) is 5.10. The van der Waals surface area contributed by atoms with Gasteiger partial charge in [-0.15, -0.1) is 0 Å². The van der Waals surface area contributed by atoms with E-state index in [1.807, 2.05) is 30.3 Å². The molecule has 0 heterocycles. The van der Waals surface area contributed by atoms with Gasteiger partial charge >= 0.3 is 5.97 Å². The number of hydrogen-bond donors (Lipinski definition) is 1. The van der Waals surface area contributed by atoms with Crippen LogP contribution < -0.4 is 0 Å². The van der Waals surface area contributed by atoms with Crippen LogP contribution in [0.4, 0.5) is 0 Å². The molecule has 3 aromatic rings. The summed E-state index contributed by atoms with van der Waals surface area (Å²) >= 11 is 0. The van der Waals surface area contributed by atoms with Crippen molar-refractivity contribution in [2.45, 2.75) is 6.61 Å². The SMILES string of the molecule is N#Cc1cccc(COC(=O)c2cc3ccccc3cc2O)c1. The van der Waals surface area contributed by atoms with Crippen molar-refractivity contribution >= 4 is 16.7 Å². The summed E-state index contributed by atoms with van der Waals surface area (Å²) < 4.78 is 5.24. The Bertz CT molecular complexity index is 925. The molecule has 0 aliphatic rings. The maximum atomic E-state index is 12.2. The van der Waals surface area contributed by atoms with Crippen molar-refractivity contribution < 1.29 is 14.6 Å². The van der Waals surface area contributed by atoms with Gasteiger partial charge < -0.3 is 9.84 Å². The molecule has 0 bridgehead atoms. The van der Waals surface area contributed by atoms with Crippen molar-refractivity contribution in [3.05, 3.63) is 77.4 Å². The van der Waals surface area contributed by atoms with Crippen LogP contribution >= 0.6 is 0 Å². The lowest BCUT2D eigenvalue weighted by molar-refractivity contribution is 0.0469. The molecule has 4 heteroatoms. The summed E-state index contributed by atoms with van der Waals surface area (Å²) in [5, 5.41) is 20.6.